The van der Waals surface area contributed by atoms with Gasteiger partial charge in [0.25, 0.3) is 0 Å². The molecule has 0 aliphatic rings. The van der Waals surface area contributed by atoms with E-state index >= 15 is 0 Å². The molecule has 0 heterocycles. The maximum absolute atomic E-state index is 8.55. The molecule has 4 N–H and O–H groups in total. The standard InChI is InChI=1S/Mo.2H3O4P.H4O/c;2*1-5(2,3)4;/h;2*(H3,1,2,3,4);1H4/q+4;;;+2/p-6. The van der Waals surface area contributed by atoms with Crippen LogP contribution in [-0.4, -0.2) is 0 Å². The van der Waals surface area contributed by atoms with Gasteiger partial charge in [-0.3, -0.25) is 0 Å². The van der Waals surface area contributed by atoms with Gasteiger partial charge in [0.15, 0.2) is 0 Å². The Balaban J connectivity index is -0.0000000457. The Morgan fingerprint density at radius 1 is 0.667 bits per heavy atom. The van der Waals surface area contributed by atoms with Crippen LogP contribution in [0.4, 0.5) is 0 Å². The predicted octanol–water partition coefficient (Wildman–Crippen LogP) is -6.84. The molecule has 0 radical (unpaired) electrons. The molecule has 0 rings (SSSR count). The van der Waals surface area contributed by atoms with Gasteiger partial charge in [0.05, 0.1) is 0 Å². The third-order valence-corrected chi connectivity index (χ3v) is 0. The Morgan fingerprint density at radius 3 is 0.667 bits per heavy atom. The molecule has 0 aromatic carbocycles. The first-order valence-electron chi connectivity index (χ1n) is 1.46. The van der Waals surface area contributed by atoms with Crippen molar-refractivity contribution in [2.45, 2.75) is 0 Å². The Kier molecular flexibility index (Phi) is 16.3. The molecule has 0 spiro atoms. The average molecular weight is 306 g/mol. The summed E-state index contributed by atoms with van der Waals surface area (Å²) in [7, 11) is -10.8. The third kappa shape index (κ3) is 1400. The molecule has 12 heteroatoms. The first-order valence-corrected chi connectivity index (χ1v) is 4.38. The van der Waals surface area contributed by atoms with Crippen LogP contribution < -0.4 is 29.4 Å². The van der Waals surface area contributed by atoms with E-state index in [1.54, 1.807) is 0 Å². The van der Waals surface area contributed by atoms with E-state index in [1.807, 2.05) is 0 Å². The fourth-order valence-electron chi connectivity index (χ4n) is 0. The van der Waals surface area contributed by atoms with Gasteiger partial charge in [0.1, 0.15) is 0 Å². The fourth-order valence-corrected chi connectivity index (χ4v) is 0. The van der Waals surface area contributed by atoms with Crippen molar-refractivity contribution < 1.29 is 65.0 Å². The number of hydrogen-bond donors (Lipinski definition) is 0. The molecule has 9 nitrogen and oxygen atoms in total. The normalized spacial score (nSPS) is 9.83. The zero-order valence-corrected chi connectivity index (χ0v) is 9.07. The van der Waals surface area contributed by atoms with Crippen molar-refractivity contribution in [2.24, 2.45) is 0 Å². The van der Waals surface area contributed by atoms with Crippen LogP contribution in [-0.2, 0) is 35.7 Å². The summed E-state index contributed by atoms with van der Waals surface area (Å²) in [5, 5.41) is 0. The van der Waals surface area contributed by atoms with Crippen LogP contribution in [0.3, 0.4) is 0 Å². The van der Waals surface area contributed by atoms with E-state index in [-0.39, 0.29) is 26.5 Å². The van der Waals surface area contributed by atoms with Crippen molar-refractivity contribution in [1.82, 2.24) is 0 Å². The molecule has 0 aromatic rings. The molecular weight excluding hydrogens is 302 g/mol. The van der Waals surface area contributed by atoms with E-state index in [1.165, 1.54) is 0 Å². The summed E-state index contributed by atoms with van der Waals surface area (Å²) in [5.74, 6) is 0. The smallest absolute Gasteiger partial charge is 0.873 e. The Labute approximate surface area is 81.1 Å². The molecular formula is H4MoO9P2. The van der Waals surface area contributed by atoms with Gasteiger partial charge in [0.2, 0.25) is 0 Å². The summed E-state index contributed by atoms with van der Waals surface area (Å²) in [6.07, 6.45) is 0. The monoisotopic (exact) mass is 308 g/mol. The first-order chi connectivity index (χ1) is 4.00. The van der Waals surface area contributed by atoms with Crippen LogP contribution in [0.25, 0.3) is 0 Å². The molecule has 0 aliphatic heterocycles. The fraction of sp³-hybridized carbons (Fsp3) is 0. The molecule has 0 aliphatic carbocycles. The van der Waals surface area contributed by atoms with Crippen LogP contribution in [0.2, 0.25) is 0 Å². The molecule has 0 atom stereocenters. The summed E-state index contributed by atoms with van der Waals surface area (Å²) >= 11 is 0. The Morgan fingerprint density at radius 2 is 0.667 bits per heavy atom. The van der Waals surface area contributed by atoms with E-state index in [4.69, 9.17) is 38.5 Å². The van der Waals surface area contributed by atoms with Crippen molar-refractivity contribution in [2.75, 3.05) is 0 Å². The summed E-state index contributed by atoms with van der Waals surface area (Å²) < 4.78 is 17.1. The summed E-state index contributed by atoms with van der Waals surface area (Å²) in [6.45, 7) is 0. The van der Waals surface area contributed by atoms with Crippen molar-refractivity contribution in [1.29, 1.82) is 0 Å². The summed E-state index contributed by atoms with van der Waals surface area (Å²) in [6, 6.07) is 0. The Bertz CT molecular complexity index is 125. The van der Waals surface area contributed by atoms with Gasteiger partial charge in [-0.2, -0.15) is 15.6 Å². The van der Waals surface area contributed by atoms with Crippen LogP contribution in [0.1, 0.15) is 0 Å². The van der Waals surface area contributed by atoms with Gasteiger partial charge in [-0.15, -0.1) is 0 Å². The summed E-state index contributed by atoms with van der Waals surface area (Å²) in [4.78, 5) is 51.3. The van der Waals surface area contributed by atoms with E-state index in [0.717, 1.165) is 0 Å². The molecule has 74 valence electrons. The second kappa shape index (κ2) is 8.47. The van der Waals surface area contributed by atoms with Gasteiger partial charge < -0.3 is 44.0 Å². The van der Waals surface area contributed by atoms with Crippen LogP contribution in [0.5, 0.6) is 0 Å². The molecule has 0 saturated carbocycles. The minimum Gasteiger partial charge on any atom is -0.873 e. The number of phosphoric acid groups is 2. The van der Waals surface area contributed by atoms with Crippen molar-refractivity contribution in [3.8, 4) is 0 Å². The molecule has 0 unspecified atom stereocenters. The molecule has 0 saturated heterocycles. The predicted molar refractivity (Wildman–Crippen MR) is 21.5 cm³/mol. The topological polar surface area (TPSA) is 207 Å². The van der Waals surface area contributed by atoms with Crippen molar-refractivity contribution in [3.05, 3.63) is 0 Å². The molecule has 0 aromatic heterocycles. The zero-order valence-electron chi connectivity index (χ0n) is 5.28. The van der Waals surface area contributed by atoms with Crippen LogP contribution in [0, 0.1) is 0 Å². The quantitative estimate of drug-likeness (QED) is 0.309. The largest absolute Gasteiger partial charge is 4.00 e. The first kappa shape index (κ1) is 23.0. The van der Waals surface area contributed by atoms with E-state index in [0.29, 0.717) is 0 Å². The maximum Gasteiger partial charge on any atom is 4.00 e. The Hall–Kier alpha value is 0.868. The number of rotatable bonds is 0. The SMILES string of the molecule is O=P([O-])([O-])[O-].O=P([O-])([O-])[O-].[Mo+4].[OH4+2]. The average Bonchev–Trinajstić information content (AvgIpc) is 1.12. The van der Waals surface area contributed by atoms with Crippen LogP contribution >= 0.6 is 15.6 Å². The van der Waals surface area contributed by atoms with E-state index in [9.17, 15) is 0 Å². The van der Waals surface area contributed by atoms with Crippen molar-refractivity contribution >= 4 is 15.6 Å². The van der Waals surface area contributed by atoms with Gasteiger partial charge >= 0.3 is 21.1 Å². The second-order valence-electron chi connectivity index (χ2n) is 0.894. The van der Waals surface area contributed by atoms with Gasteiger partial charge in [-0.05, 0) is 0 Å². The van der Waals surface area contributed by atoms with Gasteiger partial charge in [-0.1, -0.05) is 0 Å². The summed E-state index contributed by atoms with van der Waals surface area (Å²) in [5.41, 5.74) is 0. The van der Waals surface area contributed by atoms with E-state index < -0.39 is 15.6 Å². The third-order valence-electron chi connectivity index (χ3n) is 0. The van der Waals surface area contributed by atoms with Crippen LogP contribution in [0.15, 0.2) is 0 Å². The van der Waals surface area contributed by atoms with Gasteiger partial charge in [0, 0.05) is 0 Å². The van der Waals surface area contributed by atoms with Gasteiger partial charge in [-0.25, -0.2) is 0 Å². The molecule has 12 heavy (non-hydrogen) atoms. The maximum atomic E-state index is 8.55. The molecule has 0 amide bonds. The van der Waals surface area contributed by atoms with E-state index in [2.05, 4.69) is 0 Å². The second-order valence-corrected chi connectivity index (χ2v) is 2.68. The number of hydrogen-bond acceptors (Lipinski definition) is 8. The minimum atomic E-state index is -5.39. The molecule has 0 fully saturated rings. The molecule has 0 bridgehead atoms. The van der Waals surface area contributed by atoms with Crippen molar-refractivity contribution in [3.63, 3.8) is 0 Å². The zero-order chi connectivity index (χ0) is 9.00. The minimum absolute atomic E-state index is 0.